The van der Waals surface area contributed by atoms with Gasteiger partial charge in [0.2, 0.25) is 0 Å². The van der Waals surface area contributed by atoms with Crippen LogP contribution < -0.4 is 10.2 Å². The van der Waals surface area contributed by atoms with Gasteiger partial charge in [0.25, 0.3) is 0 Å². The summed E-state index contributed by atoms with van der Waals surface area (Å²) in [5, 5.41) is 11.9. The molecular formula is C12H19N3O. The summed E-state index contributed by atoms with van der Waals surface area (Å²) in [7, 11) is 0. The molecule has 4 heteroatoms. The summed E-state index contributed by atoms with van der Waals surface area (Å²) >= 11 is 0. The lowest BCUT2D eigenvalue weighted by Crippen LogP contribution is -2.18. The topological polar surface area (TPSA) is 48.4 Å². The maximum absolute atomic E-state index is 8.70. The van der Waals surface area contributed by atoms with Crippen molar-refractivity contribution in [3.63, 3.8) is 0 Å². The second-order valence-electron chi connectivity index (χ2n) is 4.10. The molecule has 1 aliphatic heterocycles. The highest BCUT2D eigenvalue weighted by atomic mass is 16.3. The number of anilines is 2. The van der Waals surface area contributed by atoms with Gasteiger partial charge in [-0.05, 0) is 25.3 Å². The zero-order chi connectivity index (χ0) is 11.2. The van der Waals surface area contributed by atoms with Crippen LogP contribution in [0.5, 0.6) is 0 Å². The maximum Gasteiger partial charge on any atom is 0.127 e. The Labute approximate surface area is 96.3 Å². The summed E-state index contributed by atoms with van der Waals surface area (Å²) < 4.78 is 0. The summed E-state index contributed by atoms with van der Waals surface area (Å²) in [6, 6.07) is 4.14. The van der Waals surface area contributed by atoms with Gasteiger partial charge in [-0.2, -0.15) is 0 Å². The van der Waals surface area contributed by atoms with Crippen molar-refractivity contribution in [2.45, 2.75) is 19.3 Å². The van der Waals surface area contributed by atoms with Crippen LogP contribution in [0.4, 0.5) is 11.5 Å². The lowest BCUT2D eigenvalue weighted by atomic mass is 10.3. The largest absolute Gasteiger partial charge is 0.396 e. The smallest absolute Gasteiger partial charge is 0.127 e. The molecule has 1 aliphatic rings. The van der Waals surface area contributed by atoms with E-state index in [0.717, 1.165) is 31.9 Å². The van der Waals surface area contributed by atoms with Gasteiger partial charge < -0.3 is 15.3 Å². The van der Waals surface area contributed by atoms with Crippen LogP contribution in [-0.4, -0.2) is 36.3 Å². The molecule has 0 radical (unpaired) electrons. The van der Waals surface area contributed by atoms with Crippen molar-refractivity contribution in [3.8, 4) is 0 Å². The summed E-state index contributed by atoms with van der Waals surface area (Å²) in [4.78, 5) is 6.65. The number of aliphatic hydroxyl groups excluding tert-OH is 1. The third kappa shape index (κ3) is 2.85. The lowest BCUT2D eigenvalue weighted by molar-refractivity contribution is 0.292. The SMILES string of the molecule is OCCCNc1cc(N2CCCC2)ccn1. The molecular weight excluding hydrogens is 202 g/mol. The first-order valence-electron chi connectivity index (χ1n) is 5.96. The molecule has 2 heterocycles. The second kappa shape index (κ2) is 5.70. The molecule has 1 saturated heterocycles. The monoisotopic (exact) mass is 221 g/mol. The molecule has 1 aromatic rings. The van der Waals surface area contributed by atoms with E-state index in [1.165, 1.54) is 18.5 Å². The molecule has 2 rings (SSSR count). The Bertz CT molecular complexity index is 324. The second-order valence-corrected chi connectivity index (χ2v) is 4.10. The van der Waals surface area contributed by atoms with Gasteiger partial charge in [-0.25, -0.2) is 4.98 Å². The molecule has 4 nitrogen and oxygen atoms in total. The first-order valence-corrected chi connectivity index (χ1v) is 5.96. The van der Waals surface area contributed by atoms with Gasteiger partial charge in [0, 0.05) is 44.2 Å². The van der Waals surface area contributed by atoms with Gasteiger partial charge in [0.1, 0.15) is 5.82 Å². The molecule has 2 N–H and O–H groups in total. The van der Waals surface area contributed by atoms with Gasteiger partial charge in [0.05, 0.1) is 0 Å². The molecule has 88 valence electrons. The van der Waals surface area contributed by atoms with E-state index in [4.69, 9.17) is 5.11 Å². The third-order valence-electron chi connectivity index (χ3n) is 2.86. The van der Waals surface area contributed by atoms with Gasteiger partial charge >= 0.3 is 0 Å². The number of hydrogen-bond donors (Lipinski definition) is 2. The minimum absolute atomic E-state index is 0.221. The minimum atomic E-state index is 0.221. The summed E-state index contributed by atoms with van der Waals surface area (Å²) in [6.45, 7) is 3.30. The number of nitrogens with zero attached hydrogens (tertiary/aromatic N) is 2. The van der Waals surface area contributed by atoms with E-state index in [0.29, 0.717) is 0 Å². The number of hydrogen-bond acceptors (Lipinski definition) is 4. The highest BCUT2D eigenvalue weighted by Gasteiger charge is 2.12. The molecule has 0 unspecified atom stereocenters. The quantitative estimate of drug-likeness (QED) is 0.739. The molecule has 16 heavy (non-hydrogen) atoms. The van der Waals surface area contributed by atoms with Crippen LogP contribution in [0.15, 0.2) is 18.3 Å². The van der Waals surface area contributed by atoms with E-state index in [1.807, 2.05) is 6.20 Å². The fourth-order valence-electron chi connectivity index (χ4n) is 1.98. The summed E-state index contributed by atoms with van der Waals surface area (Å²) in [6.07, 6.45) is 5.18. The van der Waals surface area contributed by atoms with Crippen LogP contribution in [0.3, 0.4) is 0 Å². The Morgan fingerprint density at radius 3 is 2.94 bits per heavy atom. The number of aromatic nitrogens is 1. The summed E-state index contributed by atoms with van der Waals surface area (Å²) in [5.74, 6) is 0.901. The van der Waals surface area contributed by atoms with E-state index < -0.39 is 0 Å². The normalized spacial score (nSPS) is 15.4. The minimum Gasteiger partial charge on any atom is -0.396 e. The standard InChI is InChI=1S/C12H19N3O/c16-9-3-5-13-12-10-11(4-6-14-12)15-7-1-2-8-15/h4,6,10,16H,1-3,5,7-9H2,(H,13,14). The van der Waals surface area contributed by atoms with Crippen LogP contribution in [0.2, 0.25) is 0 Å². The van der Waals surface area contributed by atoms with Gasteiger partial charge in [-0.3, -0.25) is 0 Å². The van der Waals surface area contributed by atoms with Gasteiger partial charge in [-0.1, -0.05) is 0 Å². The van der Waals surface area contributed by atoms with Crippen LogP contribution in [0.1, 0.15) is 19.3 Å². The molecule has 0 bridgehead atoms. The van der Waals surface area contributed by atoms with Crippen molar-refractivity contribution in [2.75, 3.05) is 36.5 Å². The predicted octanol–water partition coefficient (Wildman–Crippen LogP) is 1.48. The zero-order valence-corrected chi connectivity index (χ0v) is 9.52. The Balaban J connectivity index is 1.95. The van der Waals surface area contributed by atoms with E-state index >= 15 is 0 Å². The van der Waals surface area contributed by atoms with Crippen molar-refractivity contribution < 1.29 is 5.11 Å². The zero-order valence-electron chi connectivity index (χ0n) is 9.52. The Morgan fingerprint density at radius 1 is 1.38 bits per heavy atom. The van der Waals surface area contributed by atoms with Crippen molar-refractivity contribution in [1.82, 2.24) is 4.98 Å². The third-order valence-corrected chi connectivity index (χ3v) is 2.86. The number of pyridine rings is 1. The molecule has 0 spiro atoms. The molecule has 0 aliphatic carbocycles. The summed E-state index contributed by atoms with van der Waals surface area (Å²) in [5.41, 5.74) is 1.25. The average molecular weight is 221 g/mol. The number of rotatable bonds is 5. The van der Waals surface area contributed by atoms with E-state index in [2.05, 4.69) is 27.3 Å². The van der Waals surface area contributed by atoms with Crippen LogP contribution in [0, 0.1) is 0 Å². The van der Waals surface area contributed by atoms with Crippen molar-refractivity contribution in [1.29, 1.82) is 0 Å². The van der Waals surface area contributed by atoms with E-state index in [1.54, 1.807) is 0 Å². The highest BCUT2D eigenvalue weighted by Crippen LogP contribution is 2.21. The van der Waals surface area contributed by atoms with Crippen LogP contribution >= 0.6 is 0 Å². The Morgan fingerprint density at radius 2 is 2.19 bits per heavy atom. The molecule has 1 fully saturated rings. The maximum atomic E-state index is 8.70. The molecule has 1 aromatic heterocycles. The number of aliphatic hydroxyl groups is 1. The van der Waals surface area contributed by atoms with Gasteiger partial charge in [0.15, 0.2) is 0 Å². The molecule has 0 atom stereocenters. The van der Waals surface area contributed by atoms with E-state index in [9.17, 15) is 0 Å². The van der Waals surface area contributed by atoms with Crippen LogP contribution in [0.25, 0.3) is 0 Å². The fourth-order valence-corrected chi connectivity index (χ4v) is 1.98. The Kier molecular flexibility index (Phi) is 3.99. The van der Waals surface area contributed by atoms with E-state index in [-0.39, 0.29) is 6.61 Å². The fraction of sp³-hybridized carbons (Fsp3) is 0.583. The van der Waals surface area contributed by atoms with Crippen molar-refractivity contribution in [3.05, 3.63) is 18.3 Å². The molecule has 0 saturated carbocycles. The first-order chi connectivity index (χ1) is 7.90. The lowest BCUT2D eigenvalue weighted by Gasteiger charge is -2.18. The predicted molar refractivity (Wildman–Crippen MR) is 65.9 cm³/mol. The Hall–Kier alpha value is -1.29. The van der Waals surface area contributed by atoms with Gasteiger partial charge in [-0.15, -0.1) is 0 Å². The van der Waals surface area contributed by atoms with Crippen LogP contribution in [-0.2, 0) is 0 Å². The van der Waals surface area contributed by atoms with Crippen molar-refractivity contribution >= 4 is 11.5 Å². The number of nitrogens with one attached hydrogen (secondary N) is 1. The average Bonchev–Trinajstić information content (AvgIpc) is 2.83. The molecule has 0 amide bonds. The molecule has 0 aromatic carbocycles. The van der Waals surface area contributed by atoms with Crippen molar-refractivity contribution in [2.24, 2.45) is 0 Å². The first kappa shape index (κ1) is 11.2. The highest BCUT2D eigenvalue weighted by molar-refractivity contribution is 5.54.